The molecule has 1 N–H and O–H groups in total. The van der Waals surface area contributed by atoms with Gasteiger partial charge in [-0.1, -0.05) is 56.0 Å². The standard InChI is InChI=1S/C14H19NO/c1-3-15(4-2)12-8-11-14(16)13-9-6-5-7-10-13/h5-7,9-10,14,16H,3-4,12H2,1-2H3. The van der Waals surface area contributed by atoms with Crippen molar-refractivity contribution in [1.82, 2.24) is 4.90 Å². The lowest BCUT2D eigenvalue weighted by Crippen LogP contribution is -2.22. The molecule has 0 amide bonds. The predicted octanol–water partition coefficient (Wildman–Crippen LogP) is 2.07. The first kappa shape index (κ1) is 12.8. The first-order chi connectivity index (χ1) is 7.77. The average molecular weight is 217 g/mol. The molecule has 0 bridgehead atoms. The summed E-state index contributed by atoms with van der Waals surface area (Å²) >= 11 is 0. The Morgan fingerprint density at radius 1 is 1.19 bits per heavy atom. The maximum absolute atomic E-state index is 9.79. The van der Waals surface area contributed by atoms with E-state index in [0.717, 1.165) is 25.2 Å². The van der Waals surface area contributed by atoms with Crippen LogP contribution in [0.3, 0.4) is 0 Å². The van der Waals surface area contributed by atoms with Crippen LogP contribution < -0.4 is 0 Å². The van der Waals surface area contributed by atoms with Gasteiger partial charge in [0.1, 0.15) is 6.10 Å². The lowest BCUT2D eigenvalue weighted by atomic mass is 10.1. The van der Waals surface area contributed by atoms with E-state index in [2.05, 4.69) is 30.6 Å². The first-order valence-electron chi connectivity index (χ1n) is 5.71. The molecule has 16 heavy (non-hydrogen) atoms. The molecule has 0 aliphatic heterocycles. The van der Waals surface area contributed by atoms with E-state index in [1.54, 1.807) is 0 Å². The Hall–Kier alpha value is -1.30. The van der Waals surface area contributed by atoms with E-state index >= 15 is 0 Å². The minimum atomic E-state index is -0.670. The largest absolute Gasteiger partial charge is 0.376 e. The van der Waals surface area contributed by atoms with E-state index in [1.807, 2.05) is 30.3 Å². The second-order valence-corrected chi connectivity index (χ2v) is 3.60. The molecule has 0 aliphatic carbocycles. The van der Waals surface area contributed by atoms with Gasteiger partial charge in [0.15, 0.2) is 0 Å². The van der Waals surface area contributed by atoms with Crippen molar-refractivity contribution >= 4 is 0 Å². The van der Waals surface area contributed by atoms with Crippen molar-refractivity contribution in [1.29, 1.82) is 0 Å². The topological polar surface area (TPSA) is 23.5 Å². The normalized spacial score (nSPS) is 12.0. The van der Waals surface area contributed by atoms with E-state index < -0.39 is 6.10 Å². The molecule has 1 aromatic carbocycles. The molecule has 0 aliphatic rings. The third kappa shape index (κ3) is 4.06. The van der Waals surface area contributed by atoms with E-state index in [4.69, 9.17) is 0 Å². The quantitative estimate of drug-likeness (QED) is 0.780. The van der Waals surface area contributed by atoms with E-state index in [-0.39, 0.29) is 0 Å². The lowest BCUT2D eigenvalue weighted by Gasteiger charge is -2.13. The van der Waals surface area contributed by atoms with Crippen LogP contribution in [0, 0.1) is 11.8 Å². The number of hydrogen-bond acceptors (Lipinski definition) is 2. The van der Waals surface area contributed by atoms with Gasteiger partial charge in [-0.25, -0.2) is 0 Å². The fraction of sp³-hybridized carbons (Fsp3) is 0.429. The molecule has 0 saturated carbocycles. The molecule has 0 radical (unpaired) electrons. The van der Waals surface area contributed by atoms with Crippen LogP contribution >= 0.6 is 0 Å². The van der Waals surface area contributed by atoms with Crippen molar-refractivity contribution in [2.24, 2.45) is 0 Å². The van der Waals surface area contributed by atoms with Gasteiger partial charge in [0, 0.05) is 0 Å². The van der Waals surface area contributed by atoms with Crippen LogP contribution in [0.2, 0.25) is 0 Å². The summed E-state index contributed by atoms with van der Waals surface area (Å²) in [4.78, 5) is 2.21. The number of rotatable bonds is 4. The maximum atomic E-state index is 9.79. The first-order valence-corrected chi connectivity index (χ1v) is 5.71. The summed E-state index contributed by atoms with van der Waals surface area (Å²) in [6, 6.07) is 9.52. The minimum Gasteiger partial charge on any atom is -0.376 e. The predicted molar refractivity (Wildman–Crippen MR) is 67.0 cm³/mol. The molecule has 2 heteroatoms. The summed E-state index contributed by atoms with van der Waals surface area (Å²) in [7, 11) is 0. The molecule has 1 aromatic rings. The van der Waals surface area contributed by atoms with Gasteiger partial charge in [-0.2, -0.15) is 0 Å². The Morgan fingerprint density at radius 2 is 1.81 bits per heavy atom. The van der Waals surface area contributed by atoms with Crippen molar-refractivity contribution in [3.8, 4) is 11.8 Å². The van der Waals surface area contributed by atoms with Crippen LogP contribution in [0.15, 0.2) is 30.3 Å². The Bertz CT molecular complexity index is 346. The van der Waals surface area contributed by atoms with Crippen LogP contribution in [0.5, 0.6) is 0 Å². The summed E-state index contributed by atoms with van der Waals surface area (Å²) in [5.41, 5.74) is 0.856. The van der Waals surface area contributed by atoms with Crippen molar-refractivity contribution in [3.05, 3.63) is 35.9 Å². The molecule has 1 rings (SSSR count). The number of aliphatic hydroxyl groups excluding tert-OH is 1. The van der Waals surface area contributed by atoms with Gasteiger partial charge in [-0.15, -0.1) is 0 Å². The zero-order valence-corrected chi connectivity index (χ0v) is 9.98. The Morgan fingerprint density at radius 3 is 2.38 bits per heavy atom. The summed E-state index contributed by atoms with van der Waals surface area (Å²) in [5.74, 6) is 5.87. The zero-order valence-electron chi connectivity index (χ0n) is 9.98. The van der Waals surface area contributed by atoms with Crippen LogP contribution in [0.1, 0.15) is 25.5 Å². The second kappa shape index (κ2) is 7.05. The van der Waals surface area contributed by atoms with Crippen LogP contribution in [0.25, 0.3) is 0 Å². The Labute approximate surface area is 97.9 Å². The maximum Gasteiger partial charge on any atom is 0.140 e. The SMILES string of the molecule is CCN(CC)CC#CC(O)c1ccccc1. The lowest BCUT2D eigenvalue weighted by molar-refractivity contribution is 0.238. The Kier molecular flexibility index (Phi) is 5.63. The van der Waals surface area contributed by atoms with Gasteiger partial charge < -0.3 is 5.11 Å². The van der Waals surface area contributed by atoms with Gasteiger partial charge in [-0.3, -0.25) is 4.90 Å². The fourth-order valence-corrected chi connectivity index (χ4v) is 1.42. The smallest absolute Gasteiger partial charge is 0.140 e. The second-order valence-electron chi connectivity index (χ2n) is 3.60. The number of nitrogens with zero attached hydrogens (tertiary/aromatic N) is 1. The van der Waals surface area contributed by atoms with Gasteiger partial charge >= 0.3 is 0 Å². The molecule has 0 saturated heterocycles. The average Bonchev–Trinajstić information content (AvgIpc) is 2.35. The highest BCUT2D eigenvalue weighted by Crippen LogP contribution is 2.09. The van der Waals surface area contributed by atoms with Crippen LogP contribution in [-0.2, 0) is 0 Å². The van der Waals surface area contributed by atoms with Gasteiger partial charge in [0.05, 0.1) is 6.54 Å². The minimum absolute atomic E-state index is 0.670. The zero-order chi connectivity index (χ0) is 11.8. The number of hydrogen-bond donors (Lipinski definition) is 1. The number of benzene rings is 1. The Balaban J connectivity index is 2.51. The van der Waals surface area contributed by atoms with Gasteiger partial charge in [0.2, 0.25) is 0 Å². The third-order valence-corrected chi connectivity index (χ3v) is 2.55. The molecule has 0 heterocycles. The van der Waals surface area contributed by atoms with E-state index in [0.29, 0.717) is 0 Å². The molecule has 0 aromatic heterocycles. The molecule has 1 unspecified atom stereocenters. The highest BCUT2D eigenvalue weighted by molar-refractivity contribution is 5.24. The van der Waals surface area contributed by atoms with Crippen molar-refractivity contribution in [2.75, 3.05) is 19.6 Å². The number of aliphatic hydroxyl groups is 1. The molecule has 2 nitrogen and oxygen atoms in total. The van der Waals surface area contributed by atoms with E-state index in [1.165, 1.54) is 0 Å². The summed E-state index contributed by atoms with van der Waals surface area (Å²) < 4.78 is 0. The highest BCUT2D eigenvalue weighted by Gasteiger charge is 2.01. The molecule has 1 atom stereocenters. The van der Waals surface area contributed by atoms with Crippen molar-refractivity contribution in [3.63, 3.8) is 0 Å². The summed E-state index contributed by atoms with van der Waals surface area (Å²) in [6.45, 7) is 6.92. The molecular weight excluding hydrogens is 198 g/mol. The van der Waals surface area contributed by atoms with E-state index in [9.17, 15) is 5.11 Å². The van der Waals surface area contributed by atoms with Crippen LogP contribution in [-0.4, -0.2) is 29.6 Å². The third-order valence-electron chi connectivity index (χ3n) is 2.55. The monoisotopic (exact) mass is 217 g/mol. The molecule has 0 fully saturated rings. The highest BCUT2D eigenvalue weighted by atomic mass is 16.3. The van der Waals surface area contributed by atoms with Gasteiger partial charge in [0.25, 0.3) is 0 Å². The van der Waals surface area contributed by atoms with Gasteiger partial charge in [-0.05, 0) is 18.7 Å². The molecular formula is C14H19NO. The summed E-state index contributed by atoms with van der Waals surface area (Å²) in [6.07, 6.45) is -0.670. The fourth-order valence-electron chi connectivity index (χ4n) is 1.42. The van der Waals surface area contributed by atoms with Crippen molar-refractivity contribution in [2.45, 2.75) is 20.0 Å². The van der Waals surface area contributed by atoms with Crippen LogP contribution in [0.4, 0.5) is 0 Å². The molecule has 0 spiro atoms. The van der Waals surface area contributed by atoms with Crippen molar-refractivity contribution < 1.29 is 5.11 Å². The molecule has 86 valence electrons. The summed E-state index contributed by atoms with van der Waals surface area (Å²) in [5, 5.41) is 9.79.